The Bertz CT molecular complexity index is 822. The number of aliphatic imine (C=N–C) groups is 1. The molecule has 0 aliphatic heterocycles. The highest BCUT2D eigenvalue weighted by Crippen LogP contribution is 2.35. The fourth-order valence-electron chi connectivity index (χ4n) is 2.07. The molecule has 2 aromatic rings. The van der Waals surface area contributed by atoms with E-state index < -0.39 is 11.7 Å². The van der Waals surface area contributed by atoms with Gasteiger partial charge < -0.3 is 9.64 Å². The van der Waals surface area contributed by atoms with Gasteiger partial charge in [0, 0.05) is 19.7 Å². The summed E-state index contributed by atoms with van der Waals surface area (Å²) in [7, 11) is 1.91. The third-order valence-corrected chi connectivity index (χ3v) is 3.89. The topological polar surface area (TPSA) is 37.7 Å². The maximum absolute atomic E-state index is 12.9. The van der Waals surface area contributed by atoms with E-state index in [-0.39, 0.29) is 11.0 Å². The molecule has 0 saturated carbocycles. The second-order valence-electron chi connectivity index (χ2n) is 5.84. The number of alkyl halides is 3. The molecule has 2 rings (SSSR count). The highest BCUT2D eigenvalue weighted by molar-refractivity contribution is 6.29. The maximum Gasteiger partial charge on any atom is 0.416 e. The number of aromatic nitrogens is 1. The number of hydrogen-bond donors (Lipinski definition) is 0. The van der Waals surface area contributed by atoms with Crippen LogP contribution in [0.25, 0.3) is 0 Å². The molecule has 0 aliphatic rings. The third kappa shape index (κ3) is 5.11. The van der Waals surface area contributed by atoms with Crippen LogP contribution in [0.3, 0.4) is 0 Å². The van der Waals surface area contributed by atoms with Crippen molar-refractivity contribution in [3.05, 3.63) is 46.1 Å². The van der Waals surface area contributed by atoms with E-state index >= 15 is 0 Å². The van der Waals surface area contributed by atoms with Gasteiger partial charge in [-0.05, 0) is 50.1 Å². The average molecular weight is 386 g/mol. The minimum atomic E-state index is -4.53. The Morgan fingerprint density at radius 2 is 1.88 bits per heavy atom. The van der Waals surface area contributed by atoms with E-state index in [9.17, 15) is 13.2 Å². The molecule has 1 aromatic carbocycles. The summed E-state index contributed by atoms with van der Waals surface area (Å²) in [6.07, 6.45) is -2.81. The molecule has 0 N–H and O–H groups in total. The average Bonchev–Trinajstić information content (AvgIpc) is 2.55. The number of rotatable bonds is 5. The van der Waals surface area contributed by atoms with E-state index in [4.69, 9.17) is 16.3 Å². The lowest BCUT2D eigenvalue weighted by molar-refractivity contribution is -0.137. The van der Waals surface area contributed by atoms with E-state index in [0.717, 1.165) is 35.5 Å². The van der Waals surface area contributed by atoms with Crippen LogP contribution >= 0.6 is 11.6 Å². The minimum Gasteiger partial charge on any atom is -0.439 e. The molecule has 0 amide bonds. The van der Waals surface area contributed by atoms with E-state index in [2.05, 4.69) is 9.98 Å². The van der Waals surface area contributed by atoms with Crippen LogP contribution in [0.4, 0.5) is 18.9 Å². The summed E-state index contributed by atoms with van der Waals surface area (Å²) in [5, 5.41) is -0.284. The molecule has 0 aliphatic carbocycles. The number of nitrogens with zero attached hydrogens (tertiary/aromatic N) is 3. The first-order chi connectivity index (χ1) is 12.1. The summed E-state index contributed by atoms with van der Waals surface area (Å²) in [5.74, 6) is 0.183. The molecular formula is C18H19ClF3N3O. The normalized spacial score (nSPS) is 11.8. The van der Waals surface area contributed by atoms with Crippen LogP contribution in [-0.4, -0.2) is 29.8 Å². The first-order valence-corrected chi connectivity index (χ1v) is 8.26. The molecule has 0 saturated heterocycles. The van der Waals surface area contributed by atoms with E-state index in [0.29, 0.717) is 5.75 Å². The Morgan fingerprint density at radius 1 is 1.19 bits per heavy atom. The van der Waals surface area contributed by atoms with Crippen molar-refractivity contribution < 1.29 is 17.9 Å². The van der Waals surface area contributed by atoms with Gasteiger partial charge in [-0.25, -0.2) is 9.98 Å². The number of hydrogen-bond acceptors (Lipinski definition) is 3. The van der Waals surface area contributed by atoms with Gasteiger partial charge in [0.25, 0.3) is 0 Å². The van der Waals surface area contributed by atoms with Crippen molar-refractivity contribution in [2.75, 3.05) is 13.6 Å². The molecule has 8 heteroatoms. The zero-order valence-electron chi connectivity index (χ0n) is 14.9. The van der Waals surface area contributed by atoms with Crippen molar-refractivity contribution in [3.63, 3.8) is 0 Å². The lowest BCUT2D eigenvalue weighted by Gasteiger charge is -2.13. The van der Waals surface area contributed by atoms with Crippen molar-refractivity contribution in [2.24, 2.45) is 4.99 Å². The van der Waals surface area contributed by atoms with Crippen LogP contribution in [0.5, 0.6) is 11.6 Å². The molecule has 0 radical (unpaired) electrons. The monoisotopic (exact) mass is 385 g/mol. The van der Waals surface area contributed by atoms with Crippen molar-refractivity contribution in [3.8, 4) is 11.6 Å². The van der Waals surface area contributed by atoms with Gasteiger partial charge in [0.15, 0.2) is 0 Å². The Labute approximate surface area is 155 Å². The first kappa shape index (κ1) is 20.0. The number of pyridine rings is 1. The molecule has 0 bridgehead atoms. The lowest BCUT2D eigenvalue weighted by atomic mass is 10.1. The standard InChI is InChI=1S/C18H19ClF3N3O/c1-5-25(4)10-23-14-6-12(3)15(7-11(14)2)26-17-9-13(18(20,21)22)8-16(19)24-17/h6-10H,5H2,1-4H3. The number of aryl methyl sites for hydroxylation is 2. The van der Waals surface area contributed by atoms with E-state index in [1.807, 2.05) is 25.8 Å². The molecule has 0 fully saturated rings. The summed E-state index contributed by atoms with van der Waals surface area (Å²) in [5.41, 5.74) is 1.39. The summed E-state index contributed by atoms with van der Waals surface area (Å²) in [4.78, 5) is 10.1. The summed E-state index contributed by atoms with van der Waals surface area (Å²) >= 11 is 5.69. The Kier molecular flexibility index (Phi) is 6.13. The second-order valence-corrected chi connectivity index (χ2v) is 6.23. The van der Waals surface area contributed by atoms with Gasteiger partial charge in [-0.3, -0.25) is 0 Å². The van der Waals surface area contributed by atoms with Gasteiger partial charge in [0.05, 0.1) is 17.6 Å². The van der Waals surface area contributed by atoms with Crippen LogP contribution in [-0.2, 0) is 6.18 Å². The van der Waals surface area contributed by atoms with Crippen molar-refractivity contribution in [1.29, 1.82) is 0 Å². The molecule has 0 unspecified atom stereocenters. The van der Waals surface area contributed by atoms with Gasteiger partial charge in [-0.15, -0.1) is 0 Å². The highest BCUT2D eigenvalue weighted by Gasteiger charge is 2.32. The van der Waals surface area contributed by atoms with Gasteiger partial charge in [0.1, 0.15) is 10.9 Å². The lowest BCUT2D eigenvalue weighted by Crippen LogP contribution is -2.14. The largest absolute Gasteiger partial charge is 0.439 e. The SMILES string of the molecule is CCN(C)C=Nc1cc(C)c(Oc2cc(C(F)(F)F)cc(Cl)n2)cc1C. The molecule has 0 atom stereocenters. The molecule has 1 aromatic heterocycles. The van der Waals surface area contributed by atoms with Gasteiger partial charge in [-0.2, -0.15) is 13.2 Å². The number of ether oxygens (including phenoxy) is 1. The molecule has 1 heterocycles. The van der Waals surface area contributed by atoms with Crippen LogP contribution in [0, 0.1) is 13.8 Å². The quantitative estimate of drug-likeness (QED) is 0.372. The molecule has 4 nitrogen and oxygen atoms in total. The fraction of sp³-hybridized carbons (Fsp3) is 0.333. The van der Waals surface area contributed by atoms with Crippen LogP contribution in [0.1, 0.15) is 23.6 Å². The molecular weight excluding hydrogens is 367 g/mol. The number of benzene rings is 1. The molecule has 26 heavy (non-hydrogen) atoms. The Balaban J connectivity index is 2.32. The Morgan fingerprint density at radius 3 is 2.50 bits per heavy atom. The predicted octanol–water partition coefficient (Wildman–Crippen LogP) is 5.77. The van der Waals surface area contributed by atoms with Crippen molar-refractivity contribution in [2.45, 2.75) is 26.9 Å². The second kappa shape index (κ2) is 7.95. The van der Waals surface area contributed by atoms with Gasteiger partial charge in [0.2, 0.25) is 5.88 Å². The smallest absolute Gasteiger partial charge is 0.416 e. The zero-order chi connectivity index (χ0) is 19.5. The summed E-state index contributed by atoms with van der Waals surface area (Å²) in [6.45, 7) is 6.46. The predicted molar refractivity (Wildman–Crippen MR) is 96.7 cm³/mol. The van der Waals surface area contributed by atoms with Crippen LogP contribution in [0.2, 0.25) is 5.15 Å². The van der Waals surface area contributed by atoms with E-state index in [1.54, 1.807) is 25.4 Å². The number of halogens is 4. The van der Waals surface area contributed by atoms with Crippen LogP contribution in [0.15, 0.2) is 29.3 Å². The summed E-state index contributed by atoms with van der Waals surface area (Å²) in [6, 6.07) is 5.10. The Hall–Kier alpha value is -2.28. The van der Waals surface area contributed by atoms with E-state index in [1.165, 1.54) is 0 Å². The van der Waals surface area contributed by atoms with Gasteiger partial charge in [-0.1, -0.05) is 11.6 Å². The molecule has 0 spiro atoms. The minimum absolute atomic E-state index is 0.214. The zero-order valence-corrected chi connectivity index (χ0v) is 15.6. The molecule has 140 valence electrons. The third-order valence-electron chi connectivity index (χ3n) is 3.70. The first-order valence-electron chi connectivity index (χ1n) is 7.88. The highest BCUT2D eigenvalue weighted by atomic mass is 35.5. The van der Waals surface area contributed by atoms with Crippen LogP contribution < -0.4 is 4.74 Å². The summed E-state index contributed by atoms with van der Waals surface area (Å²) < 4.78 is 44.3. The van der Waals surface area contributed by atoms with Crippen molar-refractivity contribution in [1.82, 2.24) is 9.88 Å². The van der Waals surface area contributed by atoms with Crippen molar-refractivity contribution >= 4 is 23.6 Å². The fourth-order valence-corrected chi connectivity index (χ4v) is 2.27. The van der Waals surface area contributed by atoms with Gasteiger partial charge >= 0.3 is 6.18 Å². The maximum atomic E-state index is 12.9.